The van der Waals surface area contributed by atoms with Crippen LogP contribution in [0, 0.1) is 0 Å². The van der Waals surface area contributed by atoms with E-state index < -0.39 is 17.9 Å². The number of benzene rings is 1. The molecule has 0 radical (unpaired) electrons. The highest BCUT2D eigenvalue weighted by Gasteiger charge is 2.28. The number of piperidine rings is 1. The van der Waals surface area contributed by atoms with Crippen LogP contribution in [-0.2, 0) is 9.59 Å². The van der Waals surface area contributed by atoms with Crippen molar-refractivity contribution in [2.75, 3.05) is 12.8 Å². The van der Waals surface area contributed by atoms with Gasteiger partial charge in [0.2, 0.25) is 11.8 Å². The molecule has 4 N–H and O–H groups in total. The van der Waals surface area contributed by atoms with Crippen LogP contribution in [0.1, 0.15) is 23.2 Å². The molecule has 1 heterocycles. The minimum absolute atomic E-state index is 0.205. The van der Waals surface area contributed by atoms with Gasteiger partial charge in [0.15, 0.2) is 0 Å². The summed E-state index contributed by atoms with van der Waals surface area (Å²) in [6, 6.07) is 3.89. The summed E-state index contributed by atoms with van der Waals surface area (Å²) in [5.74, 6) is -0.805. The Hall–Kier alpha value is -2.57. The lowest BCUT2D eigenvalue weighted by Crippen LogP contribution is -2.52. The van der Waals surface area contributed by atoms with Crippen LogP contribution < -0.4 is 21.1 Å². The maximum Gasteiger partial charge on any atom is 0.252 e. The van der Waals surface area contributed by atoms with E-state index in [9.17, 15) is 14.4 Å². The Morgan fingerprint density at radius 2 is 2.15 bits per heavy atom. The Morgan fingerprint density at radius 1 is 1.40 bits per heavy atom. The summed E-state index contributed by atoms with van der Waals surface area (Å²) in [7, 11) is 1.47. The van der Waals surface area contributed by atoms with Crippen LogP contribution in [0.5, 0.6) is 5.75 Å². The molecule has 1 aliphatic heterocycles. The number of nitrogen functional groups attached to an aromatic ring is 1. The minimum Gasteiger partial charge on any atom is -0.497 e. The normalized spacial score (nSPS) is 18.4. The second kappa shape index (κ2) is 5.60. The third kappa shape index (κ3) is 3.05. The van der Waals surface area contributed by atoms with Crippen LogP contribution in [0.15, 0.2) is 18.2 Å². The number of methoxy groups -OCH3 is 1. The third-order valence-corrected chi connectivity index (χ3v) is 2.97. The Morgan fingerprint density at radius 3 is 2.80 bits per heavy atom. The number of hydrogen-bond acceptors (Lipinski definition) is 5. The smallest absolute Gasteiger partial charge is 0.252 e. The first-order valence-electron chi connectivity index (χ1n) is 6.08. The van der Waals surface area contributed by atoms with Gasteiger partial charge in [-0.1, -0.05) is 0 Å². The molecule has 1 saturated heterocycles. The quantitative estimate of drug-likeness (QED) is 0.524. The van der Waals surface area contributed by atoms with Gasteiger partial charge in [-0.2, -0.15) is 0 Å². The number of rotatable bonds is 3. The van der Waals surface area contributed by atoms with Gasteiger partial charge < -0.3 is 15.8 Å². The van der Waals surface area contributed by atoms with Gasteiger partial charge in [-0.25, -0.2) is 0 Å². The Bertz CT molecular complexity index is 571. The fourth-order valence-corrected chi connectivity index (χ4v) is 1.94. The van der Waals surface area contributed by atoms with Crippen molar-refractivity contribution < 1.29 is 19.1 Å². The molecule has 0 aromatic heterocycles. The van der Waals surface area contributed by atoms with Crippen LogP contribution in [-0.4, -0.2) is 30.9 Å². The zero-order valence-corrected chi connectivity index (χ0v) is 10.9. The van der Waals surface area contributed by atoms with Crippen molar-refractivity contribution >= 4 is 23.4 Å². The molecule has 2 rings (SSSR count). The van der Waals surface area contributed by atoms with Gasteiger partial charge in [-0.15, -0.1) is 0 Å². The number of hydrogen-bond donors (Lipinski definition) is 3. The standard InChI is InChI=1S/C13H15N3O4/c1-20-9-5-7(4-8(14)6-9)12(18)15-10-2-3-11(17)16-13(10)19/h4-6,10H,2-3,14H2,1H3,(H,15,18)(H,16,17,19). The van der Waals surface area contributed by atoms with E-state index >= 15 is 0 Å². The molecule has 3 amide bonds. The van der Waals surface area contributed by atoms with Crippen molar-refractivity contribution in [3.05, 3.63) is 23.8 Å². The van der Waals surface area contributed by atoms with E-state index in [1.807, 2.05) is 0 Å². The molecule has 1 atom stereocenters. The van der Waals surface area contributed by atoms with Crippen molar-refractivity contribution in [2.45, 2.75) is 18.9 Å². The summed E-state index contributed by atoms with van der Waals surface area (Å²) in [5, 5.41) is 4.75. The fraction of sp³-hybridized carbons (Fsp3) is 0.308. The monoisotopic (exact) mass is 277 g/mol. The summed E-state index contributed by atoms with van der Waals surface area (Å²) in [4.78, 5) is 34.7. The summed E-state index contributed by atoms with van der Waals surface area (Å²) < 4.78 is 5.03. The van der Waals surface area contributed by atoms with Crippen LogP contribution in [0.2, 0.25) is 0 Å². The number of ether oxygens (including phenoxy) is 1. The van der Waals surface area contributed by atoms with Gasteiger partial charge in [-0.05, 0) is 18.6 Å². The van der Waals surface area contributed by atoms with E-state index in [0.29, 0.717) is 17.0 Å². The van der Waals surface area contributed by atoms with E-state index in [-0.39, 0.29) is 18.7 Å². The summed E-state index contributed by atoms with van der Waals surface area (Å²) in [5.41, 5.74) is 6.35. The Labute approximate surface area is 115 Å². The highest BCUT2D eigenvalue weighted by molar-refractivity contribution is 6.04. The first-order valence-corrected chi connectivity index (χ1v) is 6.08. The van der Waals surface area contributed by atoms with Gasteiger partial charge in [0.25, 0.3) is 5.91 Å². The molecule has 0 spiro atoms. The predicted molar refractivity (Wildman–Crippen MR) is 71.0 cm³/mol. The van der Waals surface area contributed by atoms with Crippen LogP contribution in [0.25, 0.3) is 0 Å². The van der Waals surface area contributed by atoms with E-state index in [1.165, 1.54) is 19.2 Å². The molecule has 1 unspecified atom stereocenters. The molecule has 1 fully saturated rings. The first kappa shape index (κ1) is 13.9. The maximum absolute atomic E-state index is 12.1. The molecule has 7 heteroatoms. The zero-order chi connectivity index (χ0) is 14.7. The largest absolute Gasteiger partial charge is 0.497 e. The molecule has 1 aliphatic rings. The van der Waals surface area contributed by atoms with E-state index in [0.717, 1.165) is 0 Å². The number of nitrogens with one attached hydrogen (secondary N) is 2. The highest BCUT2D eigenvalue weighted by atomic mass is 16.5. The van der Waals surface area contributed by atoms with E-state index in [1.54, 1.807) is 6.07 Å². The second-order valence-electron chi connectivity index (χ2n) is 4.47. The zero-order valence-electron chi connectivity index (χ0n) is 10.9. The maximum atomic E-state index is 12.1. The Balaban J connectivity index is 2.10. The number of anilines is 1. The van der Waals surface area contributed by atoms with E-state index in [4.69, 9.17) is 10.5 Å². The lowest BCUT2D eigenvalue weighted by atomic mass is 10.1. The molecule has 0 bridgehead atoms. The number of imide groups is 1. The molecular weight excluding hydrogens is 262 g/mol. The molecule has 7 nitrogen and oxygen atoms in total. The molecule has 20 heavy (non-hydrogen) atoms. The van der Waals surface area contributed by atoms with Gasteiger partial charge in [0, 0.05) is 23.7 Å². The number of amides is 3. The highest BCUT2D eigenvalue weighted by Crippen LogP contribution is 2.18. The molecule has 106 valence electrons. The second-order valence-corrected chi connectivity index (χ2v) is 4.47. The SMILES string of the molecule is COc1cc(N)cc(C(=O)NC2CCC(=O)NC2=O)c1. The van der Waals surface area contributed by atoms with Crippen LogP contribution >= 0.6 is 0 Å². The summed E-state index contributed by atoms with van der Waals surface area (Å²) >= 11 is 0. The van der Waals surface area contributed by atoms with Gasteiger partial charge in [0.05, 0.1) is 7.11 Å². The van der Waals surface area contributed by atoms with Crippen molar-refractivity contribution in [3.8, 4) is 5.75 Å². The molecule has 0 aliphatic carbocycles. The topological polar surface area (TPSA) is 111 Å². The fourth-order valence-electron chi connectivity index (χ4n) is 1.94. The summed E-state index contributed by atoms with van der Waals surface area (Å²) in [6.45, 7) is 0. The molecule has 1 aromatic carbocycles. The molecule has 1 aromatic rings. The lowest BCUT2D eigenvalue weighted by molar-refractivity contribution is -0.134. The van der Waals surface area contributed by atoms with Crippen LogP contribution in [0.4, 0.5) is 5.69 Å². The van der Waals surface area contributed by atoms with Crippen molar-refractivity contribution in [1.29, 1.82) is 0 Å². The van der Waals surface area contributed by atoms with Crippen LogP contribution in [0.3, 0.4) is 0 Å². The van der Waals surface area contributed by atoms with Crippen molar-refractivity contribution in [3.63, 3.8) is 0 Å². The first-order chi connectivity index (χ1) is 9.49. The van der Waals surface area contributed by atoms with Gasteiger partial charge >= 0.3 is 0 Å². The number of carbonyl (C=O) groups is 3. The van der Waals surface area contributed by atoms with Crippen molar-refractivity contribution in [2.24, 2.45) is 0 Å². The number of nitrogens with two attached hydrogens (primary N) is 1. The minimum atomic E-state index is -0.715. The van der Waals surface area contributed by atoms with Crippen molar-refractivity contribution in [1.82, 2.24) is 10.6 Å². The predicted octanol–water partition coefficient (Wildman–Crippen LogP) is -0.188. The van der Waals surface area contributed by atoms with Gasteiger partial charge in [0.1, 0.15) is 11.8 Å². The average molecular weight is 277 g/mol. The lowest BCUT2D eigenvalue weighted by Gasteiger charge is -2.21. The van der Waals surface area contributed by atoms with E-state index in [2.05, 4.69) is 10.6 Å². The Kier molecular flexibility index (Phi) is 3.88. The third-order valence-electron chi connectivity index (χ3n) is 2.97. The molecule has 0 saturated carbocycles. The summed E-state index contributed by atoms with van der Waals surface area (Å²) in [6.07, 6.45) is 0.493. The molecular formula is C13H15N3O4. The average Bonchev–Trinajstić information content (AvgIpc) is 2.41. The number of carbonyl (C=O) groups excluding carboxylic acids is 3. The van der Waals surface area contributed by atoms with Gasteiger partial charge in [-0.3, -0.25) is 19.7 Å².